The molecule has 17 heavy (non-hydrogen) atoms. The second kappa shape index (κ2) is 4.40. The van der Waals surface area contributed by atoms with Gasteiger partial charge in [-0.2, -0.15) is 0 Å². The molecule has 1 aliphatic rings. The zero-order valence-corrected chi connectivity index (χ0v) is 10.4. The fourth-order valence-electron chi connectivity index (χ4n) is 2.31. The molecule has 1 unspecified atom stereocenters. The van der Waals surface area contributed by atoms with E-state index in [4.69, 9.17) is 5.73 Å². The molecule has 1 saturated heterocycles. The third kappa shape index (κ3) is 2.68. The van der Waals surface area contributed by atoms with Crippen molar-refractivity contribution in [2.45, 2.75) is 25.0 Å². The van der Waals surface area contributed by atoms with Crippen molar-refractivity contribution >= 4 is 9.84 Å². The Morgan fingerprint density at radius 2 is 2.18 bits per heavy atom. The van der Waals surface area contributed by atoms with Crippen LogP contribution in [0.25, 0.3) is 0 Å². The van der Waals surface area contributed by atoms with Gasteiger partial charge in [0.15, 0.2) is 9.84 Å². The SMILES string of the molecule is NCc1cccc(C2(O)CCCS(=O)(=O)C2)c1. The summed E-state index contributed by atoms with van der Waals surface area (Å²) in [5, 5.41) is 10.5. The summed E-state index contributed by atoms with van der Waals surface area (Å²) in [7, 11) is -3.14. The number of aliphatic hydroxyl groups is 1. The minimum atomic E-state index is -3.14. The highest BCUT2D eigenvalue weighted by molar-refractivity contribution is 7.91. The standard InChI is InChI=1S/C12H17NO3S/c13-8-10-3-1-4-11(7-10)12(14)5-2-6-17(15,16)9-12/h1,3-4,7,14H,2,5-6,8-9,13H2. The van der Waals surface area contributed by atoms with E-state index < -0.39 is 15.4 Å². The molecule has 2 rings (SSSR count). The van der Waals surface area contributed by atoms with E-state index in [1.165, 1.54) is 0 Å². The maximum Gasteiger partial charge on any atom is 0.153 e. The van der Waals surface area contributed by atoms with E-state index in [0.717, 1.165) is 5.56 Å². The number of nitrogens with two attached hydrogens (primary N) is 1. The van der Waals surface area contributed by atoms with Gasteiger partial charge in [-0.3, -0.25) is 0 Å². The van der Waals surface area contributed by atoms with E-state index in [9.17, 15) is 13.5 Å². The third-order valence-corrected chi connectivity index (χ3v) is 5.03. The maximum absolute atomic E-state index is 11.6. The van der Waals surface area contributed by atoms with Crippen LogP contribution in [0.4, 0.5) is 0 Å². The predicted molar refractivity (Wildman–Crippen MR) is 66.1 cm³/mol. The lowest BCUT2D eigenvalue weighted by Crippen LogP contribution is -2.39. The Balaban J connectivity index is 2.37. The van der Waals surface area contributed by atoms with Crippen molar-refractivity contribution in [2.24, 2.45) is 5.73 Å². The van der Waals surface area contributed by atoms with Gasteiger partial charge in [0.1, 0.15) is 5.60 Å². The lowest BCUT2D eigenvalue weighted by atomic mass is 9.90. The van der Waals surface area contributed by atoms with Gasteiger partial charge in [0.25, 0.3) is 0 Å². The first-order valence-electron chi connectivity index (χ1n) is 5.67. The van der Waals surface area contributed by atoms with E-state index in [1.54, 1.807) is 18.2 Å². The highest BCUT2D eigenvalue weighted by atomic mass is 32.2. The molecule has 94 valence electrons. The molecule has 1 atom stereocenters. The fraction of sp³-hybridized carbons (Fsp3) is 0.500. The van der Waals surface area contributed by atoms with Crippen LogP contribution < -0.4 is 5.73 Å². The third-order valence-electron chi connectivity index (χ3n) is 3.20. The number of sulfone groups is 1. The van der Waals surface area contributed by atoms with Gasteiger partial charge in [0.05, 0.1) is 11.5 Å². The number of hydrogen-bond donors (Lipinski definition) is 2. The molecule has 1 aromatic rings. The Morgan fingerprint density at radius 3 is 2.82 bits per heavy atom. The molecule has 0 aromatic heterocycles. The summed E-state index contributed by atoms with van der Waals surface area (Å²) in [5.41, 5.74) is 5.86. The lowest BCUT2D eigenvalue weighted by molar-refractivity contribution is 0.0466. The van der Waals surface area contributed by atoms with Gasteiger partial charge in [0.2, 0.25) is 0 Å². The van der Waals surface area contributed by atoms with Crippen LogP contribution in [0, 0.1) is 0 Å². The second-order valence-corrected chi connectivity index (χ2v) is 6.82. The van der Waals surface area contributed by atoms with Crippen molar-refractivity contribution in [3.05, 3.63) is 35.4 Å². The molecule has 1 fully saturated rings. The molecule has 0 saturated carbocycles. The summed E-state index contributed by atoms with van der Waals surface area (Å²) < 4.78 is 23.2. The first-order chi connectivity index (χ1) is 7.95. The Bertz CT molecular complexity index is 512. The minimum absolute atomic E-state index is 0.173. The van der Waals surface area contributed by atoms with Crippen molar-refractivity contribution in [1.82, 2.24) is 0 Å². The monoisotopic (exact) mass is 255 g/mol. The van der Waals surface area contributed by atoms with Crippen LogP contribution in [-0.4, -0.2) is 25.0 Å². The summed E-state index contributed by atoms with van der Waals surface area (Å²) in [6.07, 6.45) is 0.992. The summed E-state index contributed by atoms with van der Waals surface area (Å²) in [4.78, 5) is 0. The molecule has 0 radical (unpaired) electrons. The van der Waals surface area contributed by atoms with Crippen molar-refractivity contribution in [3.63, 3.8) is 0 Å². The zero-order chi connectivity index (χ0) is 12.5. The van der Waals surface area contributed by atoms with Gasteiger partial charge in [-0.1, -0.05) is 24.3 Å². The van der Waals surface area contributed by atoms with Crippen LogP contribution in [0.15, 0.2) is 24.3 Å². The number of benzene rings is 1. The van der Waals surface area contributed by atoms with Crippen LogP contribution in [0.1, 0.15) is 24.0 Å². The molecule has 0 bridgehead atoms. The van der Waals surface area contributed by atoms with E-state index in [-0.39, 0.29) is 11.5 Å². The second-order valence-electron chi connectivity index (χ2n) is 4.63. The smallest absolute Gasteiger partial charge is 0.153 e. The van der Waals surface area contributed by atoms with Crippen LogP contribution in [-0.2, 0) is 22.0 Å². The first-order valence-corrected chi connectivity index (χ1v) is 7.50. The summed E-state index contributed by atoms with van der Waals surface area (Å²) in [5.74, 6) is -0.0140. The van der Waals surface area contributed by atoms with E-state index in [1.807, 2.05) is 6.07 Å². The highest BCUT2D eigenvalue weighted by Gasteiger charge is 2.38. The normalized spacial score (nSPS) is 27.9. The van der Waals surface area contributed by atoms with Crippen LogP contribution in [0.2, 0.25) is 0 Å². The fourth-order valence-corrected chi connectivity index (χ4v) is 4.08. The largest absolute Gasteiger partial charge is 0.384 e. The average molecular weight is 255 g/mol. The summed E-state index contributed by atoms with van der Waals surface area (Å²) >= 11 is 0. The predicted octanol–water partition coefficient (Wildman–Crippen LogP) is 0.541. The molecule has 4 nitrogen and oxygen atoms in total. The number of hydrogen-bond acceptors (Lipinski definition) is 4. The van der Waals surface area contributed by atoms with E-state index in [2.05, 4.69) is 0 Å². The molecule has 3 N–H and O–H groups in total. The van der Waals surface area contributed by atoms with Gasteiger partial charge < -0.3 is 10.8 Å². The molecule has 0 aliphatic carbocycles. The van der Waals surface area contributed by atoms with Crippen molar-refractivity contribution < 1.29 is 13.5 Å². The molecule has 1 aliphatic heterocycles. The molecule has 5 heteroatoms. The zero-order valence-electron chi connectivity index (χ0n) is 9.59. The summed E-state index contributed by atoms with van der Waals surface area (Å²) in [6, 6.07) is 7.22. The van der Waals surface area contributed by atoms with Gasteiger partial charge in [0, 0.05) is 6.54 Å². The molecular weight excluding hydrogens is 238 g/mol. The Kier molecular flexibility index (Phi) is 3.25. The van der Waals surface area contributed by atoms with Gasteiger partial charge in [-0.25, -0.2) is 8.42 Å². The van der Waals surface area contributed by atoms with Gasteiger partial charge in [-0.15, -0.1) is 0 Å². The first kappa shape index (κ1) is 12.5. The van der Waals surface area contributed by atoms with Crippen LogP contribution in [0.3, 0.4) is 0 Å². The molecule has 0 amide bonds. The lowest BCUT2D eigenvalue weighted by Gasteiger charge is -2.32. The molecule has 1 heterocycles. The minimum Gasteiger partial charge on any atom is -0.384 e. The van der Waals surface area contributed by atoms with E-state index >= 15 is 0 Å². The van der Waals surface area contributed by atoms with Crippen LogP contribution in [0.5, 0.6) is 0 Å². The quantitative estimate of drug-likeness (QED) is 0.808. The summed E-state index contributed by atoms with van der Waals surface area (Å²) in [6.45, 7) is 0.386. The van der Waals surface area contributed by atoms with E-state index in [0.29, 0.717) is 24.9 Å². The van der Waals surface area contributed by atoms with Crippen molar-refractivity contribution in [3.8, 4) is 0 Å². The Hall–Kier alpha value is -0.910. The Labute approximate surface area is 101 Å². The molecular formula is C12H17NO3S. The molecule has 0 spiro atoms. The maximum atomic E-state index is 11.6. The number of rotatable bonds is 2. The average Bonchev–Trinajstić information content (AvgIpc) is 2.27. The van der Waals surface area contributed by atoms with Crippen molar-refractivity contribution in [1.29, 1.82) is 0 Å². The highest BCUT2D eigenvalue weighted by Crippen LogP contribution is 2.33. The van der Waals surface area contributed by atoms with Crippen LogP contribution >= 0.6 is 0 Å². The van der Waals surface area contributed by atoms with Gasteiger partial charge in [-0.05, 0) is 24.0 Å². The molecule has 1 aromatic carbocycles. The topological polar surface area (TPSA) is 80.4 Å². The Morgan fingerprint density at radius 1 is 1.41 bits per heavy atom. The van der Waals surface area contributed by atoms with Gasteiger partial charge >= 0.3 is 0 Å². The van der Waals surface area contributed by atoms with Crippen molar-refractivity contribution in [2.75, 3.05) is 11.5 Å².